The highest BCUT2D eigenvalue weighted by atomic mass is 19.1. The van der Waals surface area contributed by atoms with Crippen LogP contribution in [-0.4, -0.2) is 11.9 Å². The fourth-order valence-electron chi connectivity index (χ4n) is 2.66. The normalized spacial score (nSPS) is 20.4. The van der Waals surface area contributed by atoms with Gasteiger partial charge in [-0.1, -0.05) is 42.0 Å². The number of carbonyl (C=O) groups is 1. The van der Waals surface area contributed by atoms with E-state index in [0.717, 1.165) is 11.1 Å². The summed E-state index contributed by atoms with van der Waals surface area (Å²) in [6.07, 6.45) is 0.693. The number of aryl methyl sites for hydroxylation is 1. The Bertz CT molecular complexity index is 670. The molecule has 2 atom stereocenters. The highest BCUT2D eigenvalue weighted by Gasteiger charge is 2.29. The van der Waals surface area contributed by atoms with Crippen molar-refractivity contribution >= 4 is 5.91 Å². The van der Waals surface area contributed by atoms with E-state index in [4.69, 9.17) is 0 Å². The molecule has 0 spiro atoms. The molecule has 23 heavy (non-hydrogen) atoms. The summed E-state index contributed by atoms with van der Waals surface area (Å²) in [5.41, 5.74) is 9.47. The predicted molar refractivity (Wildman–Crippen MR) is 86.8 cm³/mol. The summed E-state index contributed by atoms with van der Waals surface area (Å²) in [6.45, 7) is 2.45. The Morgan fingerprint density at radius 1 is 1.13 bits per heavy atom. The number of rotatable bonds is 4. The second-order valence-electron chi connectivity index (χ2n) is 5.88. The molecule has 2 aromatic rings. The van der Waals surface area contributed by atoms with Gasteiger partial charge in [0.2, 0.25) is 5.91 Å². The highest BCUT2D eigenvalue weighted by Crippen LogP contribution is 2.22. The van der Waals surface area contributed by atoms with E-state index in [1.165, 1.54) is 17.7 Å². The average Bonchev–Trinajstić information content (AvgIpc) is 3.05. The largest absolute Gasteiger partial charge is 0.351 e. The van der Waals surface area contributed by atoms with Gasteiger partial charge in [0.1, 0.15) is 11.9 Å². The van der Waals surface area contributed by atoms with E-state index in [2.05, 4.69) is 47.4 Å². The molecule has 0 bridgehead atoms. The molecule has 2 aromatic carbocycles. The summed E-state index contributed by atoms with van der Waals surface area (Å²) < 4.78 is 12.9. The second-order valence-corrected chi connectivity index (χ2v) is 5.88. The molecule has 1 aliphatic heterocycles. The van der Waals surface area contributed by atoms with E-state index in [1.54, 1.807) is 12.1 Å². The van der Waals surface area contributed by atoms with E-state index < -0.39 is 0 Å². The summed E-state index contributed by atoms with van der Waals surface area (Å²) in [4.78, 5) is 12.2. The number of halogens is 1. The van der Waals surface area contributed by atoms with Gasteiger partial charge in [-0.25, -0.2) is 15.2 Å². The molecule has 0 aliphatic carbocycles. The molecule has 0 aromatic heterocycles. The maximum atomic E-state index is 12.9. The van der Waals surface area contributed by atoms with Crippen LogP contribution in [0.5, 0.6) is 0 Å². The van der Waals surface area contributed by atoms with Crippen molar-refractivity contribution in [2.24, 2.45) is 0 Å². The number of nitrogens with one attached hydrogen (secondary N) is 3. The van der Waals surface area contributed by atoms with Crippen LogP contribution < -0.4 is 16.2 Å². The molecule has 0 saturated carbocycles. The molecule has 120 valence electrons. The van der Waals surface area contributed by atoms with Gasteiger partial charge in [-0.05, 0) is 36.6 Å². The first kappa shape index (κ1) is 15.6. The molecular formula is C18H20FN3O. The van der Waals surface area contributed by atoms with E-state index in [0.29, 0.717) is 13.0 Å². The number of amides is 1. The van der Waals surface area contributed by atoms with Crippen molar-refractivity contribution in [3.63, 3.8) is 0 Å². The monoisotopic (exact) mass is 313 g/mol. The number of hydrogen-bond acceptors (Lipinski definition) is 3. The number of benzene rings is 2. The Kier molecular flexibility index (Phi) is 4.69. The van der Waals surface area contributed by atoms with Crippen LogP contribution in [0.4, 0.5) is 4.39 Å². The van der Waals surface area contributed by atoms with Crippen molar-refractivity contribution in [2.75, 3.05) is 0 Å². The fraction of sp³-hybridized carbons (Fsp3) is 0.278. The summed E-state index contributed by atoms with van der Waals surface area (Å²) in [5.74, 6) is -0.334. The number of hydrogen-bond donors (Lipinski definition) is 3. The second kappa shape index (κ2) is 6.89. The van der Waals surface area contributed by atoms with Gasteiger partial charge in [-0.2, -0.15) is 0 Å². The van der Waals surface area contributed by atoms with Crippen LogP contribution >= 0.6 is 0 Å². The first-order chi connectivity index (χ1) is 11.1. The third-order valence-corrected chi connectivity index (χ3v) is 4.08. The first-order valence-corrected chi connectivity index (χ1v) is 7.71. The van der Waals surface area contributed by atoms with Gasteiger partial charge in [0, 0.05) is 12.6 Å². The zero-order valence-corrected chi connectivity index (χ0v) is 13.0. The maximum absolute atomic E-state index is 12.9. The third-order valence-electron chi connectivity index (χ3n) is 4.08. The minimum absolute atomic E-state index is 0.0589. The smallest absolute Gasteiger partial charge is 0.238 e. The number of carbonyl (C=O) groups excluding carboxylic acids is 1. The third kappa shape index (κ3) is 3.94. The standard InChI is InChI=1S/C18H20FN3O/c1-12-2-6-14(7-3-12)16-10-17(22-21-16)18(23)20-11-13-4-8-15(19)9-5-13/h2-9,16-17,21-22H,10-11H2,1H3,(H,20,23). The van der Waals surface area contributed by atoms with Crippen molar-refractivity contribution in [1.29, 1.82) is 0 Å². The number of hydrazine groups is 1. The topological polar surface area (TPSA) is 53.2 Å². The predicted octanol–water partition coefficient (Wildman–Crippen LogP) is 2.36. The molecular weight excluding hydrogens is 293 g/mol. The van der Waals surface area contributed by atoms with E-state index in [9.17, 15) is 9.18 Å². The van der Waals surface area contributed by atoms with Crippen LogP contribution in [0.25, 0.3) is 0 Å². The zero-order valence-electron chi connectivity index (χ0n) is 13.0. The minimum atomic E-state index is -0.276. The Hall–Kier alpha value is -2.24. The van der Waals surface area contributed by atoms with Crippen LogP contribution in [0.15, 0.2) is 48.5 Å². The van der Waals surface area contributed by atoms with Crippen LogP contribution in [0.1, 0.15) is 29.2 Å². The van der Waals surface area contributed by atoms with Crippen molar-refractivity contribution < 1.29 is 9.18 Å². The van der Waals surface area contributed by atoms with Gasteiger partial charge in [0.05, 0.1) is 0 Å². The van der Waals surface area contributed by atoms with Crippen LogP contribution in [0, 0.1) is 12.7 Å². The van der Waals surface area contributed by atoms with Crippen LogP contribution in [0.2, 0.25) is 0 Å². The lowest BCUT2D eigenvalue weighted by Crippen LogP contribution is -2.42. The molecule has 5 heteroatoms. The molecule has 1 aliphatic rings. The summed E-state index contributed by atoms with van der Waals surface area (Å²) in [6, 6.07) is 14.3. The zero-order chi connectivity index (χ0) is 16.2. The summed E-state index contributed by atoms with van der Waals surface area (Å²) >= 11 is 0. The molecule has 4 nitrogen and oxygen atoms in total. The Balaban J connectivity index is 1.53. The minimum Gasteiger partial charge on any atom is -0.351 e. The van der Waals surface area contributed by atoms with Gasteiger partial charge >= 0.3 is 0 Å². The average molecular weight is 313 g/mol. The van der Waals surface area contributed by atoms with Crippen molar-refractivity contribution in [3.05, 3.63) is 71.0 Å². The van der Waals surface area contributed by atoms with Gasteiger partial charge < -0.3 is 5.32 Å². The van der Waals surface area contributed by atoms with Crippen molar-refractivity contribution in [1.82, 2.24) is 16.2 Å². The molecule has 1 heterocycles. The molecule has 3 N–H and O–H groups in total. The molecule has 1 amide bonds. The van der Waals surface area contributed by atoms with E-state index >= 15 is 0 Å². The van der Waals surface area contributed by atoms with Crippen LogP contribution in [0.3, 0.4) is 0 Å². The molecule has 3 rings (SSSR count). The molecule has 2 unspecified atom stereocenters. The van der Waals surface area contributed by atoms with Gasteiger partial charge in [-0.3, -0.25) is 4.79 Å². The molecule has 0 radical (unpaired) electrons. The highest BCUT2D eigenvalue weighted by molar-refractivity contribution is 5.82. The van der Waals surface area contributed by atoms with Crippen LogP contribution in [-0.2, 0) is 11.3 Å². The lowest BCUT2D eigenvalue weighted by Gasteiger charge is -2.11. The van der Waals surface area contributed by atoms with E-state index in [-0.39, 0.29) is 23.8 Å². The fourth-order valence-corrected chi connectivity index (χ4v) is 2.66. The maximum Gasteiger partial charge on any atom is 0.238 e. The summed E-state index contributed by atoms with van der Waals surface area (Å²) in [5, 5.41) is 2.88. The summed E-state index contributed by atoms with van der Waals surface area (Å²) in [7, 11) is 0. The molecule has 1 fully saturated rings. The quantitative estimate of drug-likeness (QED) is 0.812. The Morgan fingerprint density at radius 2 is 1.83 bits per heavy atom. The first-order valence-electron chi connectivity index (χ1n) is 7.71. The van der Waals surface area contributed by atoms with Crippen molar-refractivity contribution in [3.8, 4) is 0 Å². The Morgan fingerprint density at radius 3 is 2.52 bits per heavy atom. The molecule has 1 saturated heterocycles. The lowest BCUT2D eigenvalue weighted by molar-refractivity contribution is -0.123. The van der Waals surface area contributed by atoms with E-state index in [1.807, 2.05) is 0 Å². The Labute approximate surface area is 135 Å². The van der Waals surface area contributed by atoms with Gasteiger partial charge in [-0.15, -0.1) is 0 Å². The van der Waals surface area contributed by atoms with Gasteiger partial charge in [0.25, 0.3) is 0 Å². The lowest BCUT2D eigenvalue weighted by atomic mass is 10.0. The van der Waals surface area contributed by atoms with Gasteiger partial charge in [0.15, 0.2) is 0 Å². The van der Waals surface area contributed by atoms with Crippen molar-refractivity contribution in [2.45, 2.75) is 32.0 Å². The SMILES string of the molecule is Cc1ccc(C2CC(C(=O)NCc3ccc(F)cc3)NN2)cc1.